The maximum Gasteiger partial charge on any atom is 0.310 e. The Labute approximate surface area is 117 Å². The Morgan fingerprint density at radius 1 is 0.750 bits per heavy atom. The van der Waals surface area contributed by atoms with Crippen LogP contribution < -0.4 is 0 Å². The second-order valence-corrected chi connectivity index (χ2v) is 3.93. The smallest absolute Gasteiger partial charge is 0.264 e. The molecule has 98 valence electrons. The molecule has 0 saturated heterocycles. The van der Waals surface area contributed by atoms with Crippen molar-refractivity contribution in [1.29, 1.82) is 0 Å². The molecule has 0 bridgehead atoms. The molecule has 0 fully saturated rings. The van der Waals surface area contributed by atoms with E-state index in [1.54, 1.807) is 0 Å². The Kier molecular flexibility index (Phi) is 5.10. The molecule has 0 atom stereocenters. The Hall–Kier alpha value is -2.88. The van der Waals surface area contributed by atoms with Gasteiger partial charge in [0.25, 0.3) is 0 Å². The number of carbonyl (C=O) groups is 1. The lowest BCUT2D eigenvalue weighted by Crippen LogP contribution is -1.84. The van der Waals surface area contributed by atoms with Gasteiger partial charge in [-0.1, -0.05) is 77.9 Å². The molecule has 1 amide bonds. The van der Waals surface area contributed by atoms with Crippen LogP contribution in [0.15, 0.2) is 76.1 Å². The normalized spacial score (nSPS) is 12.5. The first kappa shape index (κ1) is 13.5. The summed E-state index contributed by atoms with van der Waals surface area (Å²) < 4.78 is 0. The van der Waals surface area contributed by atoms with Crippen LogP contribution in [0.5, 0.6) is 0 Å². The minimum absolute atomic E-state index is 0.380. The Bertz CT molecular complexity index is 576. The number of hydrogen-bond acceptors (Lipinski definition) is 3. The van der Waals surface area contributed by atoms with Crippen LogP contribution in [0.2, 0.25) is 0 Å². The highest BCUT2D eigenvalue weighted by atomic mass is 16.2. The van der Waals surface area contributed by atoms with Gasteiger partial charge in [0, 0.05) is 0 Å². The maximum absolute atomic E-state index is 9.83. The second-order valence-electron chi connectivity index (χ2n) is 3.93. The number of nitrogens with zero attached hydrogens (tertiary/aromatic N) is 3. The van der Waals surface area contributed by atoms with Crippen LogP contribution in [-0.2, 0) is 4.79 Å². The fourth-order valence-corrected chi connectivity index (χ4v) is 1.49. The van der Waals surface area contributed by atoms with Crippen LogP contribution in [0.3, 0.4) is 0 Å². The number of benzene rings is 2. The molecule has 0 spiro atoms. The average molecular weight is 263 g/mol. The van der Waals surface area contributed by atoms with Gasteiger partial charge in [-0.15, -0.1) is 5.10 Å². The molecule has 0 aliphatic carbocycles. The van der Waals surface area contributed by atoms with Crippen molar-refractivity contribution in [2.24, 2.45) is 15.4 Å². The van der Waals surface area contributed by atoms with Crippen molar-refractivity contribution in [2.45, 2.75) is 0 Å². The van der Waals surface area contributed by atoms with Crippen molar-refractivity contribution >= 4 is 24.3 Å². The van der Waals surface area contributed by atoms with Crippen molar-refractivity contribution in [2.75, 3.05) is 0 Å². The SMILES string of the molecule is C(=Cc1ccccc1)c1ccccc1.O=C1C=NN=N1. The zero-order valence-electron chi connectivity index (χ0n) is 10.8. The summed E-state index contributed by atoms with van der Waals surface area (Å²) in [5.74, 6) is -0.380. The van der Waals surface area contributed by atoms with E-state index < -0.39 is 0 Å². The minimum atomic E-state index is -0.380. The Balaban J connectivity index is 0.000000205. The van der Waals surface area contributed by atoms with Crippen molar-refractivity contribution in [3.63, 3.8) is 0 Å². The molecule has 2 aromatic carbocycles. The Morgan fingerprint density at radius 3 is 1.55 bits per heavy atom. The van der Waals surface area contributed by atoms with E-state index in [1.807, 2.05) is 36.4 Å². The third-order valence-corrected chi connectivity index (χ3v) is 2.43. The molecule has 4 heteroatoms. The summed E-state index contributed by atoms with van der Waals surface area (Å²) in [6, 6.07) is 20.6. The minimum Gasteiger partial charge on any atom is -0.264 e. The molecule has 20 heavy (non-hydrogen) atoms. The molecule has 1 aliphatic heterocycles. The summed E-state index contributed by atoms with van der Waals surface area (Å²) in [6.07, 6.45) is 5.30. The average Bonchev–Trinajstić information content (AvgIpc) is 2.99. The molecule has 1 heterocycles. The molecule has 2 aromatic rings. The quantitative estimate of drug-likeness (QED) is 0.760. The first-order valence-corrected chi connectivity index (χ1v) is 6.11. The number of hydrogen-bond donors (Lipinski definition) is 0. The van der Waals surface area contributed by atoms with Crippen LogP contribution in [0.1, 0.15) is 11.1 Å². The molecular weight excluding hydrogens is 250 g/mol. The third-order valence-electron chi connectivity index (χ3n) is 2.43. The van der Waals surface area contributed by atoms with E-state index in [4.69, 9.17) is 0 Å². The Morgan fingerprint density at radius 2 is 1.25 bits per heavy atom. The first-order valence-electron chi connectivity index (χ1n) is 6.11. The lowest BCUT2D eigenvalue weighted by molar-refractivity contribution is -0.111. The van der Waals surface area contributed by atoms with Crippen molar-refractivity contribution in [1.82, 2.24) is 0 Å². The van der Waals surface area contributed by atoms with Gasteiger partial charge in [0.1, 0.15) is 6.21 Å². The van der Waals surface area contributed by atoms with Crippen molar-refractivity contribution < 1.29 is 4.79 Å². The van der Waals surface area contributed by atoms with Gasteiger partial charge in [0.15, 0.2) is 0 Å². The van der Waals surface area contributed by atoms with Gasteiger partial charge in [0.05, 0.1) is 0 Å². The number of rotatable bonds is 2. The monoisotopic (exact) mass is 263 g/mol. The lowest BCUT2D eigenvalue weighted by Gasteiger charge is -1.92. The van der Waals surface area contributed by atoms with E-state index in [2.05, 4.69) is 51.9 Å². The van der Waals surface area contributed by atoms with Gasteiger partial charge in [-0.05, 0) is 16.4 Å². The number of amides is 1. The van der Waals surface area contributed by atoms with E-state index in [0.717, 1.165) is 6.21 Å². The van der Waals surface area contributed by atoms with Gasteiger partial charge < -0.3 is 0 Å². The standard InChI is InChI=1S/C14H12.C2HN3O/c1-3-7-13(8-4-1)11-12-14-9-5-2-6-10-14;6-2-1-3-5-4-2/h1-12H;1H. The lowest BCUT2D eigenvalue weighted by atomic mass is 10.1. The van der Waals surface area contributed by atoms with Crippen LogP contribution in [0, 0.1) is 0 Å². The highest BCUT2D eigenvalue weighted by Crippen LogP contribution is 2.06. The fraction of sp³-hybridized carbons (Fsp3) is 0. The van der Waals surface area contributed by atoms with Gasteiger partial charge in [0.2, 0.25) is 0 Å². The molecule has 0 saturated carbocycles. The molecule has 0 unspecified atom stereocenters. The highest BCUT2D eigenvalue weighted by Gasteiger charge is 1.94. The largest absolute Gasteiger partial charge is 0.310 e. The second kappa shape index (κ2) is 7.53. The molecule has 0 radical (unpaired) electrons. The maximum atomic E-state index is 9.83. The summed E-state index contributed by atoms with van der Waals surface area (Å²) >= 11 is 0. The molecular formula is C16H13N3O. The summed E-state index contributed by atoms with van der Waals surface area (Å²) in [6.45, 7) is 0. The third kappa shape index (κ3) is 4.78. The van der Waals surface area contributed by atoms with Gasteiger partial charge >= 0.3 is 5.91 Å². The first-order chi connectivity index (χ1) is 9.84. The van der Waals surface area contributed by atoms with E-state index in [9.17, 15) is 4.79 Å². The predicted octanol–water partition coefficient (Wildman–Crippen LogP) is 3.82. The van der Waals surface area contributed by atoms with E-state index in [0.29, 0.717) is 0 Å². The molecule has 0 N–H and O–H groups in total. The van der Waals surface area contributed by atoms with Gasteiger partial charge in [-0.25, -0.2) is 0 Å². The van der Waals surface area contributed by atoms with Crippen molar-refractivity contribution in [3.05, 3.63) is 71.8 Å². The van der Waals surface area contributed by atoms with Gasteiger partial charge in [-0.2, -0.15) is 0 Å². The summed E-state index contributed by atoms with van der Waals surface area (Å²) in [5.41, 5.74) is 2.47. The van der Waals surface area contributed by atoms with Crippen LogP contribution in [0.25, 0.3) is 12.2 Å². The van der Waals surface area contributed by atoms with E-state index in [-0.39, 0.29) is 5.91 Å². The van der Waals surface area contributed by atoms with Crippen LogP contribution >= 0.6 is 0 Å². The zero-order chi connectivity index (χ0) is 14.0. The topological polar surface area (TPSA) is 54.1 Å². The molecule has 1 aliphatic rings. The molecule has 0 aromatic heterocycles. The van der Waals surface area contributed by atoms with Crippen molar-refractivity contribution in [3.8, 4) is 0 Å². The van der Waals surface area contributed by atoms with Crippen LogP contribution in [0.4, 0.5) is 0 Å². The van der Waals surface area contributed by atoms with E-state index >= 15 is 0 Å². The van der Waals surface area contributed by atoms with E-state index in [1.165, 1.54) is 11.1 Å². The zero-order valence-corrected chi connectivity index (χ0v) is 10.8. The predicted molar refractivity (Wildman–Crippen MR) is 80.2 cm³/mol. The highest BCUT2D eigenvalue weighted by molar-refractivity contribution is 6.27. The summed E-state index contributed by atoms with van der Waals surface area (Å²) in [4.78, 5) is 9.83. The van der Waals surface area contributed by atoms with Crippen LogP contribution in [-0.4, -0.2) is 12.1 Å². The van der Waals surface area contributed by atoms with Gasteiger partial charge in [-0.3, -0.25) is 4.79 Å². The summed E-state index contributed by atoms with van der Waals surface area (Å²) in [5, 5.41) is 9.16. The fourth-order valence-electron chi connectivity index (χ4n) is 1.49. The summed E-state index contributed by atoms with van der Waals surface area (Å²) in [7, 11) is 0. The molecule has 4 nitrogen and oxygen atoms in total. The molecule has 3 rings (SSSR count). The number of carbonyl (C=O) groups excluding carboxylic acids is 1.